The fraction of sp³-hybridized carbons (Fsp3) is 1.00. The lowest BCUT2D eigenvalue weighted by atomic mass is 9.44. The second-order valence-corrected chi connectivity index (χ2v) is 12.6. The molecule has 2 unspecified atom stereocenters. The zero-order valence-corrected chi connectivity index (χ0v) is 19.5. The molecule has 4 aliphatic carbocycles. The minimum absolute atomic E-state index is 0.258. The first-order valence-corrected chi connectivity index (χ1v) is 12.9. The lowest BCUT2D eigenvalue weighted by molar-refractivity contribution is -0.136. The summed E-state index contributed by atoms with van der Waals surface area (Å²) in [5.41, 5.74) is 1.10. The summed E-state index contributed by atoms with van der Waals surface area (Å²) < 4.78 is 0. The van der Waals surface area contributed by atoms with Crippen molar-refractivity contribution in [3.8, 4) is 0 Å². The van der Waals surface area contributed by atoms with Crippen molar-refractivity contribution >= 4 is 0 Å². The highest BCUT2D eigenvalue weighted by atomic mass is 16.3. The van der Waals surface area contributed by atoms with Crippen LogP contribution in [0.25, 0.3) is 0 Å². The Hall–Kier alpha value is -0.0400. The predicted molar refractivity (Wildman–Crippen MR) is 118 cm³/mol. The van der Waals surface area contributed by atoms with Crippen LogP contribution >= 0.6 is 0 Å². The first kappa shape index (κ1) is 21.2. The normalized spacial score (nSPS) is 49.4. The van der Waals surface area contributed by atoms with Crippen LogP contribution in [-0.4, -0.2) is 6.10 Å². The van der Waals surface area contributed by atoms with Crippen molar-refractivity contribution in [3.05, 3.63) is 0 Å². The second kappa shape index (κ2) is 7.90. The van der Waals surface area contributed by atoms with Gasteiger partial charge in [0.15, 0.2) is 0 Å². The van der Waals surface area contributed by atoms with Gasteiger partial charge in [0.05, 0.1) is 6.10 Å². The highest BCUT2D eigenvalue weighted by molar-refractivity contribution is 5.09. The van der Waals surface area contributed by atoms with Crippen LogP contribution in [0.5, 0.6) is 0 Å². The number of fused-ring (bicyclic) bond motifs is 5. The third-order valence-corrected chi connectivity index (χ3v) is 10.8. The van der Waals surface area contributed by atoms with Gasteiger partial charge in [-0.1, -0.05) is 53.9 Å². The van der Waals surface area contributed by atoms with E-state index >= 15 is 0 Å². The van der Waals surface area contributed by atoms with E-state index in [1.165, 1.54) is 64.2 Å². The summed E-state index contributed by atoms with van der Waals surface area (Å²) in [6, 6.07) is 0. The molecule has 0 aliphatic heterocycles. The molecule has 0 aromatic heterocycles. The quantitative estimate of drug-likeness (QED) is 0.457. The van der Waals surface area contributed by atoms with Gasteiger partial charge in [-0.15, -0.1) is 0 Å². The van der Waals surface area contributed by atoms with Crippen molar-refractivity contribution in [1.82, 2.24) is 0 Å². The molecule has 0 spiro atoms. The van der Waals surface area contributed by atoms with Gasteiger partial charge in [-0.05, 0) is 110 Å². The Balaban J connectivity index is 1.46. The zero-order chi connectivity index (χ0) is 20.1. The molecule has 1 radical (unpaired) electrons. The van der Waals surface area contributed by atoms with Crippen molar-refractivity contribution < 1.29 is 5.11 Å². The average Bonchev–Trinajstić information content (AvgIpc) is 2.99. The topological polar surface area (TPSA) is 19.9 Å². The van der Waals surface area contributed by atoms with Gasteiger partial charge in [0.2, 0.25) is 0 Å². The molecule has 0 saturated heterocycles. The maximum atomic E-state index is 12.2. The molecule has 0 N–H and O–H groups in total. The number of hydrogen-bond acceptors (Lipinski definition) is 0. The van der Waals surface area contributed by atoms with Crippen LogP contribution in [0.2, 0.25) is 0 Å². The van der Waals surface area contributed by atoms with Gasteiger partial charge < -0.3 is 0 Å². The lowest BCUT2D eigenvalue weighted by Gasteiger charge is -2.61. The smallest absolute Gasteiger partial charge is 0.0933 e. The standard InChI is InChI=1S/C27H47O/c1-18(2)7-6-8-19(3)23-11-12-24-22-10-9-20-17-21(28)13-15-26(20,4)25(22)14-16-27(23,24)5/h18-25H,6-17H2,1-5H3/t19-,20?,21?,22+,23-,24+,25+,26+,27-/m1/s1. The molecule has 28 heavy (non-hydrogen) atoms. The van der Waals surface area contributed by atoms with E-state index in [0.717, 1.165) is 54.3 Å². The molecular weight excluding hydrogens is 340 g/mol. The van der Waals surface area contributed by atoms with Crippen LogP contribution in [0.1, 0.15) is 112 Å². The van der Waals surface area contributed by atoms with E-state index in [-0.39, 0.29) is 6.10 Å². The van der Waals surface area contributed by atoms with Crippen LogP contribution in [0, 0.1) is 52.3 Å². The SMILES string of the molecule is CC(C)CCC[C@@H](C)[C@H]1CC[C@H]2[C@@H]3CCC4CC([O])CC[C@]4(C)[C@H]3CC[C@]12C. The van der Waals surface area contributed by atoms with Crippen molar-refractivity contribution in [2.45, 2.75) is 118 Å². The van der Waals surface area contributed by atoms with Gasteiger partial charge in [0.1, 0.15) is 0 Å². The molecule has 4 aliphatic rings. The molecule has 4 rings (SSSR count). The number of hydrogen-bond donors (Lipinski definition) is 0. The molecule has 9 atom stereocenters. The van der Waals surface area contributed by atoms with E-state index in [1.54, 1.807) is 0 Å². The molecule has 0 aromatic carbocycles. The monoisotopic (exact) mass is 387 g/mol. The minimum atomic E-state index is -0.258. The fourth-order valence-corrected chi connectivity index (χ4v) is 9.24. The van der Waals surface area contributed by atoms with Gasteiger partial charge in [-0.2, -0.15) is 0 Å². The Morgan fingerprint density at radius 2 is 1.54 bits per heavy atom. The summed E-state index contributed by atoms with van der Waals surface area (Å²) in [6.45, 7) is 12.6. The summed E-state index contributed by atoms with van der Waals surface area (Å²) in [6.07, 6.45) is 15.9. The van der Waals surface area contributed by atoms with E-state index in [1.807, 2.05) is 0 Å². The third kappa shape index (κ3) is 3.50. The summed E-state index contributed by atoms with van der Waals surface area (Å²) in [4.78, 5) is 0. The first-order chi connectivity index (χ1) is 13.3. The Morgan fingerprint density at radius 1 is 0.821 bits per heavy atom. The summed E-state index contributed by atoms with van der Waals surface area (Å²) in [7, 11) is 0. The summed E-state index contributed by atoms with van der Waals surface area (Å²) in [5.74, 6) is 6.34. The van der Waals surface area contributed by atoms with Gasteiger partial charge >= 0.3 is 0 Å². The molecule has 0 heterocycles. The van der Waals surface area contributed by atoms with E-state index in [4.69, 9.17) is 0 Å². The summed E-state index contributed by atoms with van der Waals surface area (Å²) >= 11 is 0. The number of rotatable bonds is 5. The van der Waals surface area contributed by atoms with E-state index in [2.05, 4.69) is 34.6 Å². The van der Waals surface area contributed by atoms with Crippen molar-refractivity contribution in [2.24, 2.45) is 52.3 Å². The van der Waals surface area contributed by atoms with Gasteiger partial charge in [0, 0.05) is 0 Å². The highest BCUT2D eigenvalue weighted by Gasteiger charge is 2.60. The van der Waals surface area contributed by atoms with Crippen LogP contribution in [0.4, 0.5) is 0 Å². The average molecular weight is 388 g/mol. The molecule has 0 aromatic rings. The fourth-order valence-electron chi connectivity index (χ4n) is 9.24. The van der Waals surface area contributed by atoms with E-state index in [0.29, 0.717) is 10.8 Å². The summed E-state index contributed by atoms with van der Waals surface area (Å²) in [5, 5.41) is 12.2. The molecule has 4 fully saturated rings. The predicted octanol–water partition coefficient (Wildman–Crippen LogP) is 7.91. The van der Waals surface area contributed by atoms with Crippen molar-refractivity contribution in [1.29, 1.82) is 0 Å². The van der Waals surface area contributed by atoms with Crippen LogP contribution in [0.3, 0.4) is 0 Å². The minimum Gasteiger partial charge on any atom is -0.233 e. The third-order valence-electron chi connectivity index (χ3n) is 10.8. The largest absolute Gasteiger partial charge is 0.233 e. The maximum Gasteiger partial charge on any atom is 0.0933 e. The first-order valence-electron chi connectivity index (χ1n) is 12.9. The van der Waals surface area contributed by atoms with Crippen LogP contribution < -0.4 is 0 Å². The van der Waals surface area contributed by atoms with Crippen LogP contribution in [0.15, 0.2) is 0 Å². The Kier molecular flexibility index (Phi) is 5.98. The Bertz CT molecular complexity index is 540. The molecule has 161 valence electrons. The highest BCUT2D eigenvalue weighted by Crippen LogP contribution is 2.68. The molecule has 1 nitrogen and oxygen atoms in total. The van der Waals surface area contributed by atoms with Gasteiger partial charge in [-0.25, -0.2) is 5.11 Å². The lowest BCUT2D eigenvalue weighted by Crippen LogP contribution is -2.54. The van der Waals surface area contributed by atoms with Gasteiger partial charge in [0.25, 0.3) is 0 Å². The molecular formula is C27H47O. The van der Waals surface area contributed by atoms with Crippen molar-refractivity contribution in [2.75, 3.05) is 0 Å². The molecule has 0 amide bonds. The maximum absolute atomic E-state index is 12.2. The van der Waals surface area contributed by atoms with E-state index < -0.39 is 0 Å². The Morgan fingerprint density at radius 3 is 2.29 bits per heavy atom. The second-order valence-electron chi connectivity index (χ2n) is 12.6. The van der Waals surface area contributed by atoms with Crippen molar-refractivity contribution in [3.63, 3.8) is 0 Å². The van der Waals surface area contributed by atoms with Crippen LogP contribution in [-0.2, 0) is 5.11 Å². The van der Waals surface area contributed by atoms with Gasteiger partial charge in [-0.3, -0.25) is 0 Å². The molecule has 1 heteroatoms. The van der Waals surface area contributed by atoms with E-state index in [9.17, 15) is 5.11 Å². The molecule has 0 bridgehead atoms. The zero-order valence-electron chi connectivity index (χ0n) is 19.5. The Labute approximate surface area is 175 Å². The molecule has 4 saturated carbocycles.